The average Bonchev–Trinajstić information content (AvgIpc) is 3.12. The van der Waals surface area contributed by atoms with Crippen LogP contribution in [0.2, 0.25) is 0 Å². The van der Waals surface area contributed by atoms with Gasteiger partial charge in [-0.25, -0.2) is 4.98 Å². The van der Waals surface area contributed by atoms with Gasteiger partial charge in [-0.1, -0.05) is 0 Å². The van der Waals surface area contributed by atoms with Crippen LogP contribution >= 0.6 is 12.4 Å². The predicted molar refractivity (Wildman–Crippen MR) is 99.1 cm³/mol. The summed E-state index contributed by atoms with van der Waals surface area (Å²) < 4.78 is 3.88. The Balaban J connectivity index is 0.00000225. The Morgan fingerprint density at radius 2 is 2.08 bits per heavy atom. The number of aryl methyl sites for hydroxylation is 2. The highest BCUT2D eigenvalue weighted by atomic mass is 35.5. The fourth-order valence-corrected chi connectivity index (χ4v) is 3.28. The molecule has 2 aromatic rings. The maximum Gasteiger partial charge on any atom is 0.275 e. The first-order valence-electron chi connectivity index (χ1n) is 8.35. The average molecular weight is 367 g/mol. The molecule has 0 saturated carbocycles. The summed E-state index contributed by atoms with van der Waals surface area (Å²) in [6.07, 6.45) is 3.68. The summed E-state index contributed by atoms with van der Waals surface area (Å²) in [6.45, 7) is 10.4. The highest BCUT2D eigenvalue weighted by molar-refractivity contribution is 5.92. The smallest absolute Gasteiger partial charge is 0.275 e. The lowest BCUT2D eigenvalue weighted by Crippen LogP contribution is -2.49. The van der Waals surface area contributed by atoms with Gasteiger partial charge in [-0.2, -0.15) is 5.10 Å². The summed E-state index contributed by atoms with van der Waals surface area (Å²) in [7, 11) is 1.96. The molecule has 1 aliphatic rings. The van der Waals surface area contributed by atoms with Gasteiger partial charge < -0.3 is 14.8 Å². The lowest BCUT2D eigenvalue weighted by molar-refractivity contribution is 0.0613. The third kappa shape index (κ3) is 3.72. The molecule has 3 heterocycles. The molecule has 1 fully saturated rings. The number of carbonyl (C=O) groups excluding carboxylic acids is 1. The van der Waals surface area contributed by atoms with Gasteiger partial charge >= 0.3 is 0 Å². The van der Waals surface area contributed by atoms with E-state index in [0.717, 1.165) is 18.1 Å². The Labute approximate surface area is 154 Å². The number of halogens is 1. The van der Waals surface area contributed by atoms with Gasteiger partial charge in [0.05, 0.1) is 5.54 Å². The number of imidazole rings is 1. The topological polar surface area (TPSA) is 68.0 Å². The summed E-state index contributed by atoms with van der Waals surface area (Å²) in [6, 6.07) is 1.80. The number of carbonyl (C=O) groups is 1. The number of rotatable bonds is 2. The second kappa shape index (κ2) is 7.17. The van der Waals surface area contributed by atoms with Gasteiger partial charge in [0.2, 0.25) is 0 Å². The van der Waals surface area contributed by atoms with Crippen LogP contribution in [0.5, 0.6) is 0 Å². The van der Waals surface area contributed by atoms with Crippen LogP contribution in [-0.4, -0.2) is 49.8 Å². The minimum atomic E-state index is -0.148. The standard InChI is InChI=1S/C17H26N6O.ClH/c1-12-10-13(20-23(12)17(2,3)4)16(24)22-9-6-18-11-14(22)15-19-7-8-21(15)5;/h7-8,10,14,18H,6,9,11H2,1-5H3;1H. The zero-order valence-electron chi connectivity index (χ0n) is 15.5. The molecule has 0 radical (unpaired) electrons. The van der Waals surface area contributed by atoms with Gasteiger partial charge in [-0.05, 0) is 33.8 Å². The highest BCUT2D eigenvalue weighted by Gasteiger charge is 2.32. The third-order valence-corrected chi connectivity index (χ3v) is 4.40. The van der Waals surface area contributed by atoms with Gasteiger partial charge in [-0.15, -0.1) is 12.4 Å². The van der Waals surface area contributed by atoms with Crippen molar-refractivity contribution in [2.75, 3.05) is 19.6 Å². The number of piperazine rings is 1. The molecule has 0 aliphatic carbocycles. The second-order valence-electron chi connectivity index (χ2n) is 7.37. The first-order valence-corrected chi connectivity index (χ1v) is 8.35. The van der Waals surface area contributed by atoms with E-state index in [1.54, 1.807) is 6.20 Å². The van der Waals surface area contributed by atoms with E-state index in [-0.39, 0.29) is 29.9 Å². The van der Waals surface area contributed by atoms with E-state index in [4.69, 9.17) is 0 Å². The minimum absolute atomic E-state index is 0. The van der Waals surface area contributed by atoms with Gasteiger partial charge in [0.25, 0.3) is 5.91 Å². The zero-order chi connectivity index (χ0) is 17.5. The number of hydrogen-bond donors (Lipinski definition) is 1. The molecule has 138 valence electrons. The highest BCUT2D eigenvalue weighted by Crippen LogP contribution is 2.24. The SMILES string of the molecule is Cc1cc(C(=O)N2CCNCC2c2nccn2C)nn1C(C)(C)C.Cl. The lowest BCUT2D eigenvalue weighted by Gasteiger charge is -2.35. The van der Waals surface area contributed by atoms with E-state index in [0.29, 0.717) is 18.8 Å². The Hall–Kier alpha value is -1.86. The van der Waals surface area contributed by atoms with Crippen LogP contribution in [0.4, 0.5) is 0 Å². The molecule has 1 aliphatic heterocycles. The Morgan fingerprint density at radius 3 is 2.64 bits per heavy atom. The van der Waals surface area contributed by atoms with E-state index in [9.17, 15) is 4.79 Å². The van der Waals surface area contributed by atoms with Crippen LogP contribution in [0.3, 0.4) is 0 Å². The van der Waals surface area contributed by atoms with Crippen LogP contribution in [0.15, 0.2) is 18.5 Å². The molecule has 0 spiro atoms. The molecule has 3 rings (SSSR count). The molecule has 7 nitrogen and oxygen atoms in total. The van der Waals surface area contributed by atoms with E-state index in [1.165, 1.54) is 0 Å². The van der Waals surface area contributed by atoms with Crippen molar-refractivity contribution in [3.63, 3.8) is 0 Å². The van der Waals surface area contributed by atoms with Gasteiger partial charge in [0.15, 0.2) is 5.69 Å². The maximum atomic E-state index is 13.1. The first kappa shape index (κ1) is 19.5. The number of nitrogens with zero attached hydrogens (tertiary/aromatic N) is 5. The van der Waals surface area contributed by atoms with Crippen molar-refractivity contribution < 1.29 is 4.79 Å². The van der Waals surface area contributed by atoms with E-state index in [2.05, 4.69) is 36.2 Å². The first-order chi connectivity index (χ1) is 11.3. The molecule has 8 heteroatoms. The van der Waals surface area contributed by atoms with Crippen molar-refractivity contribution in [2.24, 2.45) is 7.05 Å². The second-order valence-corrected chi connectivity index (χ2v) is 7.37. The quantitative estimate of drug-likeness (QED) is 0.881. The Morgan fingerprint density at radius 1 is 1.36 bits per heavy atom. The summed E-state index contributed by atoms with van der Waals surface area (Å²) in [4.78, 5) is 19.4. The Kier molecular flexibility index (Phi) is 5.58. The number of amides is 1. The molecular formula is C17H27ClN6O. The Bertz CT molecular complexity index is 745. The van der Waals surface area contributed by atoms with Crippen molar-refractivity contribution >= 4 is 18.3 Å². The van der Waals surface area contributed by atoms with Crippen LogP contribution in [0.25, 0.3) is 0 Å². The normalized spacial score (nSPS) is 18.1. The predicted octanol–water partition coefficient (Wildman–Crippen LogP) is 1.89. The minimum Gasteiger partial charge on any atom is -0.336 e. The van der Waals surface area contributed by atoms with Gasteiger partial charge in [0, 0.05) is 44.8 Å². The van der Waals surface area contributed by atoms with Crippen molar-refractivity contribution in [2.45, 2.75) is 39.3 Å². The molecule has 1 unspecified atom stereocenters. The largest absolute Gasteiger partial charge is 0.336 e. The molecule has 2 aromatic heterocycles. The maximum absolute atomic E-state index is 13.1. The molecule has 0 aromatic carbocycles. The van der Waals surface area contributed by atoms with Gasteiger partial charge in [-0.3, -0.25) is 9.48 Å². The van der Waals surface area contributed by atoms with Crippen molar-refractivity contribution in [3.05, 3.63) is 35.7 Å². The van der Waals surface area contributed by atoms with Crippen LogP contribution in [-0.2, 0) is 12.6 Å². The lowest BCUT2D eigenvalue weighted by atomic mass is 10.1. The molecular weight excluding hydrogens is 340 g/mol. The fraction of sp³-hybridized carbons (Fsp3) is 0.588. The van der Waals surface area contributed by atoms with Crippen LogP contribution < -0.4 is 5.32 Å². The summed E-state index contributed by atoms with van der Waals surface area (Å²) in [5.41, 5.74) is 1.35. The van der Waals surface area contributed by atoms with Crippen LogP contribution in [0, 0.1) is 6.92 Å². The summed E-state index contributed by atoms with van der Waals surface area (Å²) in [5.74, 6) is 0.859. The molecule has 1 amide bonds. The van der Waals surface area contributed by atoms with E-state index < -0.39 is 0 Å². The molecule has 1 N–H and O–H groups in total. The molecule has 1 saturated heterocycles. The third-order valence-electron chi connectivity index (χ3n) is 4.40. The summed E-state index contributed by atoms with van der Waals surface area (Å²) >= 11 is 0. The molecule has 0 bridgehead atoms. The monoisotopic (exact) mass is 366 g/mol. The fourth-order valence-electron chi connectivity index (χ4n) is 3.28. The zero-order valence-corrected chi connectivity index (χ0v) is 16.3. The van der Waals surface area contributed by atoms with Crippen molar-refractivity contribution in [1.82, 2.24) is 29.5 Å². The molecule has 1 atom stereocenters. The van der Waals surface area contributed by atoms with Gasteiger partial charge in [0.1, 0.15) is 11.9 Å². The van der Waals surface area contributed by atoms with E-state index in [1.807, 2.05) is 40.4 Å². The van der Waals surface area contributed by atoms with Crippen LogP contribution in [0.1, 0.15) is 48.8 Å². The molecule has 25 heavy (non-hydrogen) atoms. The number of aromatic nitrogens is 4. The summed E-state index contributed by atoms with van der Waals surface area (Å²) in [5, 5.41) is 7.93. The van der Waals surface area contributed by atoms with Crippen molar-refractivity contribution in [1.29, 1.82) is 0 Å². The number of nitrogens with one attached hydrogen (secondary N) is 1. The number of hydrogen-bond acceptors (Lipinski definition) is 4. The van der Waals surface area contributed by atoms with E-state index >= 15 is 0 Å². The van der Waals surface area contributed by atoms with Crippen molar-refractivity contribution in [3.8, 4) is 0 Å².